The minimum Gasteiger partial charge on any atom is -0.465 e. The Kier molecular flexibility index (Phi) is 6.04. The van der Waals surface area contributed by atoms with E-state index in [1.807, 2.05) is 53.7 Å². The molecule has 2 atom stereocenters. The summed E-state index contributed by atoms with van der Waals surface area (Å²) in [6, 6.07) is 13.4. The van der Waals surface area contributed by atoms with E-state index < -0.39 is 0 Å². The third-order valence-electron chi connectivity index (χ3n) is 5.05. The Hall–Kier alpha value is -3.26. The summed E-state index contributed by atoms with van der Waals surface area (Å²) in [6.45, 7) is 2.87. The largest absolute Gasteiger partial charge is 0.465 e. The van der Waals surface area contributed by atoms with Gasteiger partial charge in [0.15, 0.2) is 5.11 Å². The molecule has 0 radical (unpaired) electrons. The second-order valence-corrected chi connectivity index (χ2v) is 7.37. The van der Waals surface area contributed by atoms with Gasteiger partial charge in [-0.1, -0.05) is 12.1 Å². The Morgan fingerprint density at radius 1 is 1.20 bits per heavy atom. The number of carbonyl (C=O) groups is 1. The number of nitrogens with zero attached hydrogens (tertiary/aromatic N) is 4. The van der Waals surface area contributed by atoms with Crippen molar-refractivity contribution in [3.05, 3.63) is 84.2 Å². The highest BCUT2D eigenvalue weighted by atomic mass is 32.1. The molecule has 1 aliphatic rings. The van der Waals surface area contributed by atoms with Crippen LogP contribution in [0.2, 0.25) is 0 Å². The lowest BCUT2D eigenvalue weighted by atomic mass is 10.0. The molecular weight excluding hydrogens is 398 g/mol. The fraction of sp³-hybridized carbons (Fsp3) is 0.273. The minimum atomic E-state index is -0.307. The molecule has 3 aromatic heterocycles. The van der Waals surface area contributed by atoms with E-state index in [-0.39, 0.29) is 24.6 Å². The van der Waals surface area contributed by atoms with Gasteiger partial charge in [-0.05, 0) is 55.0 Å². The lowest BCUT2D eigenvalue weighted by molar-refractivity contribution is -0.143. The quantitative estimate of drug-likeness (QED) is 0.465. The molecule has 4 rings (SSSR count). The number of ether oxygens (including phenoxy) is 1. The van der Waals surface area contributed by atoms with E-state index in [0.717, 1.165) is 17.0 Å². The highest BCUT2D eigenvalue weighted by molar-refractivity contribution is 7.80. The van der Waals surface area contributed by atoms with Crippen LogP contribution in [0.3, 0.4) is 0 Å². The molecule has 2 unspecified atom stereocenters. The summed E-state index contributed by atoms with van der Waals surface area (Å²) in [7, 11) is 0. The fourth-order valence-corrected chi connectivity index (χ4v) is 4.08. The number of hydrogen-bond acceptors (Lipinski definition) is 5. The molecule has 1 aliphatic heterocycles. The molecule has 0 amide bonds. The number of nitrogens with one attached hydrogen (secondary N) is 1. The van der Waals surface area contributed by atoms with Crippen LogP contribution < -0.4 is 5.32 Å². The number of esters is 1. The zero-order chi connectivity index (χ0) is 20.9. The van der Waals surface area contributed by atoms with Gasteiger partial charge in [0.1, 0.15) is 6.54 Å². The third-order valence-corrected chi connectivity index (χ3v) is 5.40. The Labute approximate surface area is 180 Å². The summed E-state index contributed by atoms with van der Waals surface area (Å²) in [6.07, 6.45) is 7.41. The molecule has 0 spiro atoms. The number of aromatic nitrogens is 3. The molecule has 0 bridgehead atoms. The van der Waals surface area contributed by atoms with Gasteiger partial charge >= 0.3 is 5.97 Å². The van der Waals surface area contributed by atoms with E-state index in [9.17, 15) is 4.79 Å². The van der Waals surface area contributed by atoms with Gasteiger partial charge in [0, 0.05) is 37.0 Å². The number of hydrogen-bond donors (Lipinski definition) is 1. The van der Waals surface area contributed by atoms with E-state index in [1.165, 1.54) is 0 Å². The minimum absolute atomic E-state index is 0.0751. The Balaban J connectivity index is 1.71. The number of carbonyl (C=O) groups excluding carboxylic acids is 1. The van der Waals surface area contributed by atoms with Crippen LogP contribution in [0.15, 0.2) is 67.3 Å². The first-order valence-electron chi connectivity index (χ1n) is 9.85. The zero-order valence-corrected chi connectivity index (χ0v) is 17.5. The summed E-state index contributed by atoms with van der Waals surface area (Å²) in [4.78, 5) is 22.9. The molecule has 7 nitrogen and oxygen atoms in total. The highest BCUT2D eigenvalue weighted by Gasteiger charge is 2.42. The second kappa shape index (κ2) is 9.04. The van der Waals surface area contributed by atoms with Crippen molar-refractivity contribution in [2.24, 2.45) is 0 Å². The maximum Gasteiger partial charge on any atom is 0.325 e. The molecule has 0 aromatic carbocycles. The van der Waals surface area contributed by atoms with Crippen molar-refractivity contribution in [2.75, 3.05) is 13.2 Å². The number of rotatable bonds is 7. The highest BCUT2D eigenvalue weighted by Crippen LogP contribution is 2.38. The normalized spacial score (nSPS) is 18.3. The molecule has 30 heavy (non-hydrogen) atoms. The summed E-state index contributed by atoms with van der Waals surface area (Å²) < 4.78 is 7.34. The van der Waals surface area contributed by atoms with Crippen molar-refractivity contribution < 1.29 is 9.53 Å². The molecule has 1 N–H and O–H groups in total. The van der Waals surface area contributed by atoms with Crippen LogP contribution in [0, 0.1) is 0 Å². The monoisotopic (exact) mass is 421 g/mol. The topological polar surface area (TPSA) is 72.3 Å². The van der Waals surface area contributed by atoms with Gasteiger partial charge in [0.2, 0.25) is 0 Å². The molecule has 1 fully saturated rings. The molecule has 1 saturated heterocycles. The van der Waals surface area contributed by atoms with Gasteiger partial charge < -0.3 is 19.5 Å². The van der Waals surface area contributed by atoms with Crippen molar-refractivity contribution in [2.45, 2.75) is 25.6 Å². The van der Waals surface area contributed by atoms with Crippen molar-refractivity contribution in [1.29, 1.82) is 0 Å². The Morgan fingerprint density at radius 2 is 2.10 bits per heavy atom. The zero-order valence-electron chi connectivity index (χ0n) is 16.6. The van der Waals surface area contributed by atoms with Crippen LogP contribution in [0.4, 0.5) is 0 Å². The van der Waals surface area contributed by atoms with Crippen LogP contribution >= 0.6 is 12.2 Å². The van der Waals surface area contributed by atoms with Crippen molar-refractivity contribution in [3.8, 4) is 0 Å². The summed E-state index contributed by atoms with van der Waals surface area (Å²) >= 11 is 5.60. The predicted octanol–water partition coefficient (Wildman–Crippen LogP) is 2.86. The molecular formula is C22H23N5O2S. The molecule has 8 heteroatoms. The molecule has 0 saturated carbocycles. The van der Waals surface area contributed by atoms with E-state index in [1.54, 1.807) is 19.3 Å². The summed E-state index contributed by atoms with van der Waals surface area (Å²) in [5.74, 6) is -0.307. The average molecular weight is 422 g/mol. The fourth-order valence-electron chi connectivity index (χ4n) is 3.77. The lowest BCUT2D eigenvalue weighted by Crippen LogP contribution is -2.36. The van der Waals surface area contributed by atoms with Gasteiger partial charge in [-0.15, -0.1) is 0 Å². The SMILES string of the molecule is CCOC(=O)CN1C(=S)NC(c2ccccn2)C1c1cccn1Cc1cccnc1. The maximum atomic E-state index is 12.3. The number of pyridine rings is 2. The first kappa shape index (κ1) is 20.0. The lowest BCUT2D eigenvalue weighted by Gasteiger charge is -2.28. The molecule has 0 aliphatic carbocycles. The Bertz CT molecular complexity index is 1010. The van der Waals surface area contributed by atoms with Gasteiger partial charge in [0.05, 0.1) is 24.4 Å². The Morgan fingerprint density at radius 3 is 2.83 bits per heavy atom. The van der Waals surface area contributed by atoms with Crippen LogP contribution in [0.1, 0.15) is 36.0 Å². The summed E-state index contributed by atoms with van der Waals surface area (Å²) in [5, 5.41) is 3.87. The van der Waals surface area contributed by atoms with Crippen molar-refractivity contribution in [3.63, 3.8) is 0 Å². The van der Waals surface area contributed by atoms with E-state index in [4.69, 9.17) is 17.0 Å². The molecule has 154 valence electrons. The van der Waals surface area contributed by atoms with Crippen LogP contribution in [0.5, 0.6) is 0 Å². The number of thiocarbonyl (C=S) groups is 1. The van der Waals surface area contributed by atoms with E-state index >= 15 is 0 Å². The smallest absolute Gasteiger partial charge is 0.325 e. The van der Waals surface area contributed by atoms with Crippen LogP contribution in [0.25, 0.3) is 0 Å². The van der Waals surface area contributed by atoms with E-state index in [0.29, 0.717) is 18.3 Å². The average Bonchev–Trinajstić information content (AvgIpc) is 3.34. The predicted molar refractivity (Wildman–Crippen MR) is 117 cm³/mol. The molecule has 4 heterocycles. The maximum absolute atomic E-state index is 12.3. The van der Waals surface area contributed by atoms with Crippen LogP contribution in [-0.2, 0) is 16.1 Å². The molecule has 3 aromatic rings. The van der Waals surface area contributed by atoms with Gasteiger partial charge in [-0.25, -0.2) is 0 Å². The van der Waals surface area contributed by atoms with Crippen molar-refractivity contribution in [1.82, 2.24) is 24.8 Å². The first-order valence-corrected chi connectivity index (χ1v) is 10.3. The van der Waals surface area contributed by atoms with E-state index in [2.05, 4.69) is 25.9 Å². The standard InChI is InChI=1S/C22H23N5O2S/c1-2-29-19(28)15-27-21(20(25-22(27)30)17-8-3-4-11-24-17)18-9-6-12-26(18)14-16-7-5-10-23-13-16/h3-13,20-21H,2,14-15H2,1H3,(H,25,30). The third kappa shape index (κ3) is 4.18. The van der Waals surface area contributed by atoms with Crippen LogP contribution in [-0.4, -0.2) is 43.7 Å². The van der Waals surface area contributed by atoms with Gasteiger partial charge in [0.25, 0.3) is 0 Å². The van der Waals surface area contributed by atoms with Gasteiger partial charge in [-0.2, -0.15) is 0 Å². The van der Waals surface area contributed by atoms with Gasteiger partial charge in [-0.3, -0.25) is 14.8 Å². The first-order chi connectivity index (χ1) is 14.7. The summed E-state index contributed by atoms with van der Waals surface area (Å²) in [5.41, 5.74) is 2.99. The van der Waals surface area contributed by atoms with Crippen molar-refractivity contribution >= 4 is 23.3 Å². The second-order valence-electron chi connectivity index (χ2n) is 6.98.